The summed E-state index contributed by atoms with van der Waals surface area (Å²) in [5.41, 5.74) is 1.95. The normalized spacial score (nSPS) is 25.9. The van der Waals surface area contributed by atoms with Gasteiger partial charge in [0.25, 0.3) is 0 Å². The van der Waals surface area contributed by atoms with E-state index in [1.807, 2.05) is 42.5 Å². The second-order valence-electron chi connectivity index (χ2n) is 11.8. The Morgan fingerprint density at radius 3 is 2.41 bits per heavy atom. The number of hydrogen-bond donors (Lipinski definition) is 0. The lowest BCUT2D eigenvalue weighted by Gasteiger charge is -2.40. The summed E-state index contributed by atoms with van der Waals surface area (Å²) in [6, 6.07) is 20.5. The molecule has 2 bridgehead atoms. The van der Waals surface area contributed by atoms with Crippen molar-refractivity contribution in [2.75, 3.05) is 18.2 Å². The number of benzene rings is 3. The molecule has 4 atom stereocenters. The quantitative estimate of drug-likeness (QED) is 0.339. The van der Waals surface area contributed by atoms with Crippen LogP contribution in [-0.4, -0.2) is 33.9 Å². The lowest BCUT2D eigenvalue weighted by molar-refractivity contribution is -0.133. The van der Waals surface area contributed by atoms with Crippen LogP contribution in [0.25, 0.3) is 10.8 Å². The minimum atomic E-state index is -3.23. The first-order valence-electron chi connectivity index (χ1n) is 13.5. The molecule has 0 aliphatic heterocycles. The molecule has 6 nitrogen and oxygen atoms in total. The van der Waals surface area contributed by atoms with Gasteiger partial charge in [0.2, 0.25) is 5.91 Å². The largest absolute Gasteiger partial charge is 0.315 e. The maximum atomic E-state index is 14.1. The summed E-state index contributed by atoms with van der Waals surface area (Å²) in [5.74, 6) is -0.775. The van der Waals surface area contributed by atoms with Crippen molar-refractivity contribution in [3.05, 3.63) is 71.8 Å². The highest BCUT2D eigenvalue weighted by Crippen LogP contribution is 2.68. The van der Waals surface area contributed by atoms with E-state index in [1.165, 1.54) is 6.26 Å². The number of hydrogen-bond acceptors (Lipinski definition) is 5. The van der Waals surface area contributed by atoms with Crippen molar-refractivity contribution in [3.8, 4) is 6.07 Å². The zero-order valence-corrected chi connectivity index (χ0v) is 23.5. The van der Waals surface area contributed by atoms with Gasteiger partial charge >= 0.3 is 0 Å². The number of aryl methyl sites for hydroxylation is 1. The van der Waals surface area contributed by atoms with E-state index in [4.69, 9.17) is 0 Å². The van der Waals surface area contributed by atoms with E-state index >= 15 is 0 Å². The Balaban J connectivity index is 1.36. The van der Waals surface area contributed by atoms with Gasteiger partial charge in [0, 0.05) is 30.0 Å². The van der Waals surface area contributed by atoms with E-state index in [0.29, 0.717) is 10.5 Å². The SMILES string of the molecule is CN(C(=O)[C@H]1[C@@H](C=O)[C@]2(CCCc3ccc(S(C)(=O)=O)cc3)CC[C@@]1(C)C2)c1ccc(C#N)c2ccccc12. The standard InChI is InChI=1S/C32H34N2O4S/c1-31-17-18-32(21-31,16-6-7-22-10-13-24(14-11-22)39(3,37)38)27(20-35)29(31)30(36)34(2)28-15-12-23(19-33)25-8-4-5-9-26(25)28/h4-5,8-15,20,27,29H,6-7,16-18,21H2,1-3H3/t27-,29-,31+,32-/m1/s1. The number of nitriles is 1. The van der Waals surface area contributed by atoms with Gasteiger partial charge in [0.15, 0.2) is 9.84 Å². The summed E-state index contributed by atoms with van der Waals surface area (Å²) in [4.78, 5) is 28.7. The Hall–Kier alpha value is -3.50. The van der Waals surface area contributed by atoms with Gasteiger partial charge in [0.05, 0.1) is 28.1 Å². The molecule has 0 heterocycles. The first-order chi connectivity index (χ1) is 18.5. The predicted molar refractivity (Wildman–Crippen MR) is 152 cm³/mol. The molecule has 0 unspecified atom stereocenters. The molecule has 2 saturated carbocycles. The van der Waals surface area contributed by atoms with Gasteiger partial charge in [0.1, 0.15) is 6.29 Å². The number of rotatable bonds is 8. The molecule has 3 aromatic rings. The highest BCUT2D eigenvalue weighted by molar-refractivity contribution is 7.90. The van der Waals surface area contributed by atoms with Gasteiger partial charge < -0.3 is 9.69 Å². The summed E-state index contributed by atoms with van der Waals surface area (Å²) in [6.45, 7) is 2.16. The third-order valence-corrected chi connectivity index (χ3v) is 10.5. The number of amides is 1. The lowest BCUT2D eigenvalue weighted by atomic mass is 9.65. The van der Waals surface area contributed by atoms with E-state index in [2.05, 4.69) is 13.0 Å². The van der Waals surface area contributed by atoms with E-state index in [0.717, 1.165) is 66.8 Å². The minimum Gasteiger partial charge on any atom is -0.315 e. The van der Waals surface area contributed by atoms with E-state index < -0.39 is 15.8 Å². The van der Waals surface area contributed by atoms with Crippen LogP contribution in [0.4, 0.5) is 5.69 Å². The van der Waals surface area contributed by atoms with Crippen LogP contribution in [0.5, 0.6) is 0 Å². The Bertz CT molecular complexity index is 1590. The molecule has 202 valence electrons. The topological polar surface area (TPSA) is 95.3 Å². The highest BCUT2D eigenvalue weighted by atomic mass is 32.2. The lowest BCUT2D eigenvalue weighted by Crippen LogP contribution is -2.45. The number of anilines is 1. The molecule has 2 fully saturated rings. The summed E-state index contributed by atoms with van der Waals surface area (Å²) < 4.78 is 23.5. The van der Waals surface area contributed by atoms with Gasteiger partial charge in [-0.2, -0.15) is 5.26 Å². The molecule has 1 amide bonds. The fourth-order valence-electron chi connectivity index (χ4n) is 7.46. The van der Waals surface area contributed by atoms with Crippen molar-refractivity contribution in [1.29, 1.82) is 5.26 Å². The fourth-order valence-corrected chi connectivity index (χ4v) is 8.09. The molecule has 0 aromatic heterocycles. The molecule has 0 radical (unpaired) electrons. The van der Waals surface area contributed by atoms with Gasteiger partial charge in [-0.3, -0.25) is 4.79 Å². The molecule has 0 spiro atoms. The second-order valence-corrected chi connectivity index (χ2v) is 13.8. The summed E-state index contributed by atoms with van der Waals surface area (Å²) in [7, 11) is -1.45. The predicted octanol–water partition coefficient (Wildman–Crippen LogP) is 5.72. The molecule has 7 heteroatoms. The van der Waals surface area contributed by atoms with Gasteiger partial charge in [-0.25, -0.2) is 8.42 Å². The minimum absolute atomic E-state index is 0.0394. The molecule has 0 N–H and O–H groups in total. The van der Waals surface area contributed by atoms with Crippen LogP contribution in [0.1, 0.15) is 50.2 Å². The monoisotopic (exact) mass is 542 g/mol. The number of fused-ring (bicyclic) bond motifs is 3. The molecule has 3 aromatic carbocycles. The van der Waals surface area contributed by atoms with E-state index in [9.17, 15) is 23.3 Å². The van der Waals surface area contributed by atoms with Crippen molar-refractivity contribution in [2.24, 2.45) is 22.7 Å². The number of sulfone groups is 1. The van der Waals surface area contributed by atoms with Crippen LogP contribution in [0, 0.1) is 34.0 Å². The van der Waals surface area contributed by atoms with Gasteiger partial charge in [-0.15, -0.1) is 0 Å². The summed E-state index contributed by atoms with van der Waals surface area (Å²) in [6.07, 6.45) is 7.46. The third kappa shape index (κ3) is 4.65. The summed E-state index contributed by atoms with van der Waals surface area (Å²) in [5, 5.41) is 11.2. The number of aldehydes is 1. The summed E-state index contributed by atoms with van der Waals surface area (Å²) >= 11 is 0. The maximum absolute atomic E-state index is 14.1. The number of nitrogens with zero attached hydrogens (tertiary/aromatic N) is 2. The maximum Gasteiger partial charge on any atom is 0.231 e. The molecular formula is C32H34N2O4S. The van der Waals surface area contributed by atoms with Crippen molar-refractivity contribution in [3.63, 3.8) is 0 Å². The fraction of sp³-hybridized carbons (Fsp3) is 0.406. The molecular weight excluding hydrogens is 508 g/mol. The first-order valence-corrected chi connectivity index (χ1v) is 15.4. The average molecular weight is 543 g/mol. The van der Waals surface area contributed by atoms with Gasteiger partial charge in [-0.05, 0) is 79.2 Å². The Morgan fingerprint density at radius 2 is 1.77 bits per heavy atom. The molecule has 39 heavy (non-hydrogen) atoms. The van der Waals surface area contributed by atoms with Crippen molar-refractivity contribution >= 4 is 38.5 Å². The van der Waals surface area contributed by atoms with Gasteiger partial charge in [-0.1, -0.05) is 43.3 Å². The molecule has 5 rings (SSSR count). The Labute approximate surface area is 230 Å². The average Bonchev–Trinajstić information content (AvgIpc) is 3.39. The highest BCUT2D eigenvalue weighted by Gasteiger charge is 2.65. The van der Waals surface area contributed by atoms with Crippen molar-refractivity contribution in [1.82, 2.24) is 0 Å². The first kappa shape index (κ1) is 27.1. The van der Waals surface area contributed by atoms with E-state index in [-0.39, 0.29) is 22.7 Å². The Kier molecular flexibility index (Phi) is 6.88. The zero-order chi connectivity index (χ0) is 28.0. The third-order valence-electron chi connectivity index (χ3n) is 9.38. The van der Waals surface area contributed by atoms with Crippen LogP contribution in [-0.2, 0) is 25.8 Å². The molecule has 2 aliphatic carbocycles. The van der Waals surface area contributed by atoms with Crippen LogP contribution in [0.3, 0.4) is 0 Å². The van der Waals surface area contributed by atoms with Crippen LogP contribution in [0.15, 0.2) is 65.6 Å². The zero-order valence-electron chi connectivity index (χ0n) is 22.7. The Morgan fingerprint density at radius 1 is 1.08 bits per heavy atom. The van der Waals surface area contributed by atoms with Crippen molar-refractivity contribution < 1.29 is 18.0 Å². The second kappa shape index (κ2) is 9.91. The smallest absolute Gasteiger partial charge is 0.231 e. The number of carbonyl (C=O) groups is 2. The molecule has 2 aliphatic rings. The van der Waals surface area contributed by atoms with Crippen molar-refractivity contribution in [2.45, 2.75) is 50.3 Å². The van der Waals surface area contributed by atoms with E-state index in [1.54, 1.807) is 30.1 Å². The van der Waals surface area contributed by atoms with Crippen LogP contribution in [0.2, 0.25) is 0 Å². The van der Waals surface area contributed by atoms with Crippen LogP contribution < -0.4 is 4.90 Å². The molecule has 0 saturated heterocycles. The van der Waals surface area contributed by atoms with Crippen LogP contribution >= 0.6 is 0 Å². The number of carbonyl (C=O) groups excluding carboxylic acids is 2.